The van der Waals surface area contributed by atoms with E-state index in [0.29, 0.717) is 45.8 Å². The van der Waals surface area contributed by atoms with Crippen LogP contribution in [0.15, 0.2) is 71.6 Å². The topological polar surface area (TPSA) is 83.1 Å². The molecule has 0 spiro atoms. The Hall–Kier alpha value is -3.18. The van der Waals surface area contributed by atoms with Crippen molar-refractivity contribution in [2.24, 2.45) is 0 Å². The van der Waals surface area contributed by atoms with Gasteiger partial charge in [0.1, 0.15) is 11.3 Å². The summed E-state index contributed by atoms with van der Waals surface area (Å²) in [6.45, 7) is 8.95. The number of likely N-dealkylation sites (N-methyl/N-ethyl adjacent to an activating group) is 1. The molecule has 1 heterocycles. The number of hydrogen-bond acceptors (Lipinski definition) is 7. The van der Waals surface area contributed by atoms with Gasteiger partial charge in [0.2, 0.25) is 0 Å². The van der Waals surface area contributed by atoms with E-state index in [0.717, 1.165) is 17.8 Å². The minimum Gasteiger partial charge on any atom is -0.494 e. The maximum atomic E-state index is 13.9. The maximum absolute atomic E-state index is 13.9. The van der Waals surface area contributed by atoms with Crippen LogP contribution in [0.2, 0.25) is 5.02 Å². The summed E-state index contributed by atoms with van der Waals surface area (Å²) in [5.74, 6) is 0.298. The first-order valence-corrected chi connectivity index (χ1v) is 15.7. The molecule has 0 N–H and O–H groups in total. The fourth-order valence-corrected chi connectivity index (χ4v) is 7.18. The number of carbonyl (C=O) groups is 1. The van der Waals surface area contributed by atoms with Crippen LogP contribution in [0.25, 0.3) is 10.2 Å². The van der Waals surface area contributed by atoms with Crippen LogP contribution >= 0.6 is 22.9 Å². The van der Waals surface area contributed by atoms with Gasteiger partial charge in [0.25, 0.3) is 15.9 Å². The summed E-state index contributed by atoms with van der Waals surface area (Å²) < 4.78 is 34.4. The van der Waals surface area contributed by atoms with E-state index in [4.69, 9.17) is 21.3 Å². The zero-order chi connectivity index (χ0) is 28.9. The number of para-hydroxylation sites is 1. The van der Waals surface area contributed by atoms with Gasteiger partial charge in [-0.25, -0.2) is 13.4 Å². The number of hydrogen-bond donors (Lipinski definition) is 0. The lowest BCUT2D eigenvalue weighted by molar-refractivity contribution is 0.0983. The monoisotopic (exact) mass is 600 g/mol. The Morgan fingerprint density at radius 1 is 0.925 bits per heavy atom. The zero-order valence-electron chi connectivity index (χ0n) is 23.0. The molecule has 3 aromatic carbocycles. The van der Waals surface area contributed by atoms with Crippen molar-refractivity contribution in [1.82, 2.24) is 9.88 Å². The third-order valence-electron chi connectivity index (χ3n) is 6.70. The van der Waals surface area contributed by atoms with Gasteiger partial charge in [-0.3, -0.25) is 14.0 Å². The Labute approximate surface area is 244 Å². The molecular formula is C29H33ClN4O4S2. The van der Waals surface area contributed by atoms with Crippen molar-refractivity contribution >= 4 is 59.9 Å². The number of ether oxygens (including phenoxy) is 1. The molecule has 1 amide bonds. The minimum atomic E-state index is -3.81. The molecular weight excluding hydrogens is 568 g/mol. The summed E-state index contributed by atoms with van der Waals surface area (Å²) in [5.41, 5.74) is 1.54. The summed E-state index contributed by atoms with van der Waals surface area (Å²) >= 11 is 7.78. The van der Waals surface area contributed by atoms with Crippen molar-refractivity contribution in [2.45, 2.75) is 25.7 Å². The number of fused-ring (bicyclic) bond motifs is 1. The van der Waals surface area contributed by atoms with Gasteiger partial charge >= 0.3 is 0 Å². The molecule has 0 aliphatic carbocycles. The second-order valence-corrected chi connectivity index (χ2v) is 12.2. The van der Waals surface area contributed by atoms with Gasteiger partial charge in [0, 0.05) is 25.2 Å². The second kappa shape index (κ2) is 13.0. The average molecular weight is 601 g/mol. The van der Waals surface area contributed by atoms with E-state index >= 15 is 0 Å². The summed E-state index contributed by atoms with van der Waals surface area (Å²) in [4.78, 5) is 22.6. The van der Waals surface area contributed by atoms with Crippen LogP contribution in [0, 0.1) is 0 Å². The lowest BCUT2D eigenvalue weighted by Gasteiger charge is -2.25. The molecule has 4 rings (SSSR count). The van der Waals surface area contributed by atoms with Crippen molar-refractivity contribution in [3.05, 3.63) is 77.3 Å². The van der Waals surface area contributed by atoms with Crippen LogP contribution in [0.3, 0.4) is 0 Å². The predicted octanol–water partition coefficient (Wildman–Crippen LogP) is 6.16. The van der Waals surface area contributed by atoms with Crippen LogP contribution in [-0.4, -0.2) is 64.0 Å². The number of aromatic nitrogens is 1. The van der Waals surface area contributed by atoms with Gasteiger partial charge in [-0.05, 0) is 68.5 Å². The Bertz CT molecular complexity index is 1560. The van der Waals surface area contributed by atoms with Crippen molar-refractivity contribution in [2.75, 3.05) is 49.0 Å². The molecule has 0 aliphatic rings. The molecule has 0 aliphatic heterocycles. The number of nitrogens with zero attached hydrogens (tertiary/aromatic N) is 4. The Kier molecular flexibility index (Phi) is 9.68. The molecule has 0 unspecified atom stereocenters. The minimum absolute atomic E-state index is 0.112. The molecule has 212 valence electrons. The summed E-state index contributed by atoms with van der Waals surface area (Å²) in [7, 11) is -2.25. The normalized spacial score (nSPS) is 11.7. The molecule has 8 nitrogen and oxygen atoms in total. The van der Waals surface area contributed by atoms with Gasteiger partial charge in [0.15, 0.2) is 5.13 Å². The van der Waals surface area contributed by atoms with Gasteiger partial charge in [0.05, 0.1) is 27.4 Å². The van der Waals surface area contributed by atoms with E-state index in [-0.39, 0.29) is 17.3 Å². The first kappa shape index (κ1) is 29.8. The highest BCUT2D eigenvalue weighted by molar-refractivity contribution is 7.92. The highest BCUT2D eigenvalue weighted by atomic mass is 35.5. The lowest BCUT2D eigenvalue weighted by atomic mass is 10.2. The van der Waals surface area contributed by atoms with Crippen molar-refractivity contribution in [1.29, 1.82) is 0 Å². The molecule has 0 fully saturated rings. The van der Waals surface area contributed by atoms with Gasteiger partial charge in [-0.1, -0.05) is 55.0 Å². The molecule has 4 aromatic rings. The Morgan fingerprint density at radius 2 is 1.60 bits per heavy atom. The Morgan fingerprint density at radius 3 is 2.20 bits per heavy atom. The molecule has 11 heteroatoms. The Balaban J connectivity index is 1.68. The van der Waals surface area contributed by atoms with E-state index in [2.05, 4.69) is 18.7 Å². The van der Waals surface area contributed by atoms with Gasteiger partial charge in [-0.2, -0.15) is 0 Å². The molecule has 0 radical (unpaired) electrons. The maximum Gasteiger partial charge on any atom is 0.264 e. The van der Waals surface area contributed by atoms with E-state index in [1.807, 2.05) is 6.07 Å². The number of methoxy groups -OCH3 is 1. The first-order valence-electron chi connectivity index (χ1n) is 13.1. The number of sulfonamides is 1. The van der Waals surface area contributed by atoms with Crippen LogP contribution in [-0.2, 0) is 10.0 Å². The number of benzene rings is 3. The van der Waals surface area contributed by atoms with E-state index in [1.165, 1.54) is 27.8 Å². The summed E-state index contributed by atoms with van der Waals surface area (Å²) in [6.07, 6.45) is 0. The molecule has 0 atom stereocenters. The number of rotatable bonds is 12. The second-order valence-electron chi connectivity index (χ2n) is 8.94. The van der Waals surface area contributed by atoms with Crippen molar-refractivity contribution in [3.8, 4) is 5.75 Å². The molecule has 40 heavy (non-hydrogen) atoms. The van der Waals surface area contributed by atoms with Crippen LogP contribution in [0.4, 0.5) is 10.8 Å². The number of halogens is 1. The fraction of sp³-hybridized carbons (Fsp3) is 0.310. The number of anilines is 2. The standard InChI is InChI=1S/C29H33ClN4O4S2/c1-5-32(6-2)19-20-33(29-31-26-25(38-4)18-17-24(30)27(26)39-29)28(35)21-13-15-23(16-14-21)40(36,37)34(7-3)22-11-9-8-10-12-22/h8-18H,5-7,19-20H2,1-4H3. The van der Waals surface area contributed by atoms with Crippen LogP contribution in [0.5, 0.6) is 5.75 Å². The zero-order valence-corrected chi connectivity index (χ0v) is 25.4. The van der Waals surface area contributed by atoms with E-state index in [1.54, 1.807) is 67.5 Å². The SMILES string of the molecule is CCN(CC)CCN(C(=O)c1ccc(S(=O)(=O)N(CC)c2ccccc2)cc1)c1nc2c(OC)ccc(Cl)c2s1. The molecule has 0 saturated heterocycles. The van der Waals surface area contributed by atoms with Crippen molar-refractivity contribution in [3.63, 3.8) is 0 Å². The third-order valence-corrected chi connectivity index (χ3v) is 10.2. The van der Waals surface area contributed by atoms with E-state index in [9.17, 15) is 13.2 Å². The quantitative estimate of drug-likeness (QED) is 0.194. The highest BCUT2D eigenvalue weighted by Crippen LogP contribution is 2.39. The summed E-state index contributed by atoms with van der Waals surface area (Å²) in [5, 5.41) is 1.03. The van der Waals surface area contributed by atoms with Crippen LogP contribution in [0.1, 0.15) is 31.1 Å². The molecule has 0 bridgehead atoms. The average Bonchev–Trinajstić information content (AvgIpc) is 3.42. The van der Waals surface area contributed by atoms with Gasteiger partial charge < -0.3 is 9.64 Å². The van der Waals surface area contributed by atoms with E-state index < -0.39 is 10.0 Å². The lowest BCUT2D eigenvalue weighted by Crippen LogP contribution is -2.39. The third kappa shape index (κ3) is 6.10. The number of thiazole rings is 1. The molecule has 1 aromatic heterocycles. The number of carbonyl (C=O) groups excluding carboxylic acids is 1. The highest BCUT2D eigenvalue weighted by Gasteiger charge is 2.26. The molecule has 0 saturated carbocycles. The van der Waals surface area contributed by atoms with Gasteiger partial charge in [-0.15, -0.1) is 0 Å². The first-order chi connectivity index (χ1) is 19.2. The summed E-state index contributed by atoms with van der Waals surface area (Å²) in [6, 6.07) is 18.5. The number of amides is 1. The largest absolute Gasteiger partial charge is 0.494 e. The van der Waals surface area contributed by atoms with Crippen molar-refractivity contribution < 1.29 is 17.9 Å². The fourth-order valence-electron chi connectivity index (χ4n) is 4.42. The van der Waals surface area contributed by atoms with Crippen LogP contribution < -0.4 is 13.9 Å². The predicted molar refractivity (Wildman–Crippen MR) is 164 cm³/mol. The smallest absolute Gasteiger partial charge is 0.264 e.